The van der Waals surface area contributed by atoms with Crippen LogP contribution in [0.2, 0.25) is 0 Å². The van der Waals surface area contributed by atoms with Gasteiger partial charge in [-0.15, -0.1) is 12.4 Å². The number of hydrogen-bond acceptors (Lipinski definition) is 4. The first kappa shape index (κ1) is 23.6. The van der Waals surface area contributed by atoms with E-state index in [1.54, 1.807) is 36.4 Å². The molecule has 0 aliphatic heterocycles. The van der Waals surface area contributed by atoms with Gasteiger partial charge in [-0.1, -0.05) is 30.3 Å². The Morgan fingerprint density at radius 1 is 1.18 bits per heavy atom. The zero-order valence-electron chi connectivity index (χ0n) is 15.8. The van der Waals surface area contributed by atoms with Crippen molar-refractivity contribution in [2.45, 2.75) is 25.4 Å². The van der Waals surface area contributed by atoms with Crippen molar-refractivity contribution in [2.24, 2.45) is 5.73 Å². The first-order valence-electron chi connectivity index (χ1n) is 8.58. The molecule has 0 fully saturated rings. The second-order valence-corrected chi connectivity index (χ2v) is 6.23. The lowest BCUT2D eigenvalue weighted by Gasteiger charge is -2.18. The number of carbonyl (C=O) groups is 2. The smallest absolute Gasteiger partial charge is 0.239 e. The van der Waals surface area contributed by atoms with Crippen molar-refractivity contribution < 1.29 is 18.7 Å². The lowest BCUT2D eigenvalue weighted by Crippen LogP contribution is -2.44. The van der Waals surface area contributed by atoms with Gasteiger partial charge in [0.05, 0.1) is 19.1 Å². The summed E-state index contributed by atoms with van der Waals surface area (Å²) >= 11 is 0. The Balaban J connectivity index is 0.00000392. The van der Waals surface area contributed by atoms with Crippen LogP contribution in [0.15, 0.2) is 48.5 Å². The third kappa shape index (κ3) is 6.92. The van der Waals surface area contributed by atoms with E-state index < -0.39 is 11.9 Å². The molecule has 152 valence electrons. The van der Waals surface area contributed by atoms with Gasteiger partial charge in [-0.05, 0) is 36.2 Å². The second kappa shape index (κ2) is 11.4. The fourth-order valence-electron chi connectivity index (χ4n) is 2.56. The summed E-state index contributed by atoms with van der Waals surface area (Å²) in [6.07, 6.45) is -0.0605. The molecule has 0 spiro atoms. The van der Waals surface area contributed by atoms with Crippen molar-refractivity contribution in [2.75, 3.05) is 19.0 Å². The number of rotatable bonds is 8. The quantitative estimate of drug-likeness (QED) is 0.624. The highest BCUT2D eigenvalue weighted by Gasteiger charge is 2.17. The molecule has 2 aromatic rings. The van der Waals surface area contributed by atoms with Crippen molar-refractivity contribution in [1.82, 2.24) is 5.32 Å². The fourth-order valence-corrected chi connectivity index (χ4v) is 2.56. The molecule has 0 aromatic heterocycles. The molecule has 0 saturated heterocycles. The lowest BCUT2D eigenvalue weighted by molar-refractivity contribution is -0.124. The molecule has 2 atom stereocenters. The molecule has 0 aliphatic rings. The summed E-state index contributed by atoms with van der Waals surface area (Å²) in [5.74, 6) is -1.06. The standard InChI is InChI=1S/C20H24FN3O3.ClH/c1-13(23-20(26)18(22)12-27-2)14-7-5-8-16(10-14)24-19(25)11-15-6-3-4-9-17(15)21;/h3-10,13,18H,11-12,22H2,1-2H3,(H,23,26)(H,24,25);1H. The average molecular weight is 410 g/mol. The molecular weight excluding hydrogens is 385 g/mol. The first-order valence-corrected chi connectivity index (χ1v) is 8.58. The van der Waals surface area contributed by atoms with E-state index in [0.29, 0.717) is 11.3 Å². The highest BCUT2D eigenvalue weighted by atomic mass is 35.5. The highest BCUT2D eigenvalue weighted by Crippen LogP contribution is 2.18. The molecule has 0 heterocycles. The van der Waals surface area contributed by atoms with Gasteiger partial charge in [-0.3, -0.25) is 9.59 Å². The third-order valence-electron chi connectivity index (χ3n) is 4.02. The summed E-state index contributed by atoms with van der Waals surface area (Å²) in [4.78, 5) is 24.2. The summed E-state index contributed by atoms with van der Waals surface area (Å²) in [5.41, 5.74) is 7.41. The number of ether oxygens (including phenoxy) is 1. The van der Waals surface area contributed by atoms with Crippen LogP contribution in [0.3, 0.4) is 0 Å². The number of nitrogens with one attached hydrogen (secondary N) is 2. The zero-order chi connectivity index (χ0) is 19.8. The van der Waals surface area contributed by atoms with Gasteiger partial charge in [0, 0.05) is 12.8 Å². The molecule has 2 rings (SSSR count). The normalized spacial score (nSPS) is 12.4. The van der Waals surface area contributed by atoms with Crippen molar-refractivity contribution in [3.63, 3.8) is 0 Å². The maximum atomic E-state index is 13.7. The Morgan fingerprint density at radius 2 is 1.89 bits per heavy atom. The van der Waals surface area contributed by atoms with Crippen LogP contribution in [0.25, 0.3) is 0 Å². The van der Waals surface area contributed by atoms with Gasteiger partial charge in [-0.2, -0.15) is 0 Å². The summed E-state index contributed by atoms with van der Waals surface area (Å²) < 4.78 is 18.5. The van der Waals surface area contributed by atoms with Crippen LogP contribution in [0.1, 0.15) is 24.1 Å². The summed E-state index contributed by atoms with van der Waals surface area (Å²) in [6.45, 7) is 1.95. The van der Waals surface area contributed by atoms with Crippen LogP contribution in [0.4, 0.5) is 10.1 Å². The van der Waals surface area contributed by atoms with E-state index in [-0.39, 0.29) is 43.3 Å². The Hall–Kier alpha value is -2.48. The molecule has 28 heavy (non-hydrogen) atoms. The number of amides is 2. The van der Waals surface area contributed by atoms with Crippen LogP contribution >= 0.6 is 12.4 Å². The van der Waals surface area contributed by atoms with E-state index in [1.807, 2.05) is 13.0 Å². The predicted molar refractivity (Wildman–Crippen MR) is 109 cm³/mol. The number of carbonyl (C=O) groups excluding carboxylic acids is 2. The minimum atomic E-state index is -0.749. The topological polar surface area (TPSA) is 93.4 Å². The number of anilines is 1. The zero-order valence-corrected chi connectivity index (χ0v) is 16.6. The Morgan fingerprint density at radius 3 is 2.57 bits per heavy atom. The van der Waals surface area contributed by atoms with Gasteiger partial charge < -0.3 is 21.1 Å². The highest BCUT2D eigenvalue weighted by molar-refractivity contribution is 5.92. The van der Waals surface area contributed by atoms with Crippen molar-refractivity contribution in [1.29, 1.82) is 0 Å². The van der Waals surface area contributed by atoms with Gasteiger partial charge >= 0.3 is 0 Å². The molecule has 0 bridgehead atoms. The van der Waals surface area contributed by atoms with E-state index in [1.165, 1.54) is 13.2 Å². The number of benzene rings is 2. The van der Waals surface area contributed by atoms with Crippen LogP contribution in [0.5, 0.6) is 0 Å². The number of nitrogens with two attached hydrogens (primary N) is 1. The monoisotopic (exact) mass is 409 g/mol. The molecule has 2 unspecified atom stereocenters. The largest absolute Gasteiger partial charge is 0.383 e. The van der Waals surface area contributed by atoms with E-state index in [4.69, 9.17) is 10.5 Å². The van der Waals surface area contributed by atoms with Crippen molar-refractivity contribution in [3.8, 4) is 0 Å². The lowest BCUT2D eigenvalue weighted by atomic mass is 10.1. The third-order valence-corrected chi connectivity index (χ3v) is 4.02. The van der Waals surface area contributed by atoms with Crippen LogP contribution in [-0.4, -0.2) is 31.6 Å². The molecule has 8 heteroatoms. The number of hydrogen-bond donors (Lipinski definition) is 3. The summed E-state index contributed by atoms with van der Waals surface area (Å²) in [6, 6.07) is 12.2. The Bertz CT molecular complexity index is 804. The summed E-state index contributed by atoms with van der Waals surface area (Å²) in [7, 11) is 1.48. The van der Waals surface area contributed by atoms with E-state index in [0.717, 1.165) is 5.56 Å². The fraction of sp³-hybridized carbons (Fsp3) is 0.300. The Labute approximate surface area is 170 Å². The van der Waals surface area contributed by atoms with Crippen LogP contribution in [-0.2, 0) is 20.7 Å². The van der Waals surface area contributed by atoms with Gasteiger partial charge in [-0.25, -0.2) is 4.39 Å². The minimum absolute atomic E-state index is 0. The molecular formula is C20H25ClFN3O3. The van der Waals surface area contributed by atoms with Crippen LogP contribution in [0, 0.1) is 5.82 Å². The number of halogens is 2. The van der Waals surface area contributed by atoms with Crippen LogP contribution < -0.4 is 16.4 Å². The van der Waals surface area contributed by atoms with Gasteiger partial charge in [0.1, 0.15) is 11.9 Å². The minimum Gasteiger partial charge on any atom is -0.383 e. The molecule has 2 amide bonds. The predicted octanol–water partition coefficient (Wildman–Crippen LogP) is 2.58. The SMILES string of the molecule is COCC(N)C(=O)NC(C)c1cccc(NC(=O)Cc2ccccc2F)c1.Cl. The maximum Gasteiger partial charge on any atom is 0.239 e. The number of methoxy groups -OCH3 is 1. The second-order valence-electron chi connectivity index (χ2n) is 6.23. The van der Waals surface area contributed by atoms with E-state index in [2.05, 4.69) is 10.6 Å². The molecule has 0 radical (unpaired) electrons. The van der Waals surface area contributed by atoms with E-state index in [9.17, 15) is 14.0 Å². The van der Waals surface area contributed by atoms with Crippen molar-refractivity contribution >= 4 is 29.9 Å². The molecule has 2 aromatic carbocycles. The first-order chi connectivity index (χ1) is 12.9. The van der Waals surface area contributed by atoms with E-state index >= 15 is 0 Å². The van der Waals surface area contributed by atoms with Gasteiger partial charge in [0.25, 0.3) is 0 Å². The van der Waals surface area contributed by atoms with Gasteiger partial charge in [0.2, 0.25) is 11.8 Å². The molecule has 0 aliphatic carbocycles. The molecule has 6 nitrogen and oxygen atoms in total. The molecule has 0 saturated carbocycles. The average Bonchev–Trinajstić information content (AvgIpc) is 2.64. The Kier molecular flexibility index (Phi) is 9.58. The van der Waals surface area contributed by atoms with Crippen molar-refractivity contribution in [3.05, 3.63) is 65.5 Å². The maximum absolute atomic E-state index is 13.7. The summed E-state index contributed by atoms with van der Waals surface area (Å²) in [5, 5.41) is 5.55. The van der Waals surface area contributed by atoms with Gasteiger partial charge in [0.15, 0.2) is 0 Å². The molecule has 4 N–H and O–H groups in total.